The molecule has 0 aliphatic carbocycles. The summed E-state index contributed by atoms with van der Waals surface area (Å²) in [6.45, 7) is 0. The lowest BCUT2D eigenvalue weighted by molar-refractivity contribution is 0.100. The first-order chi connectivity index (χ1) is 7.11. The molecular weight excluding hydrogens is 196 g/mol. The van der Waals surface area contributed by atoms with Gasteiger partial charge in [0.25, 0.3) is 5.91 Å². The Morgan fingerprint density at radius 1 is 1.27 bits per heavy atom. The summed E-state index contributed by atoms with van der Waals surface area (Å²) in [5.74, 6) is -0.739. The summed E-state index contributed by atoms with van der Waals surface area (Å²) in [5, 5.41) is 0.446. The number of hydrogen-bond donors (Lipinski definition) is 2. The molecule has 0 aliphatic heterocycles. The summed E-state index contributed by atoms with van der Waals surface area (Å²) < 4.78 is 4.89. The van der Waals surface area contributed by atoms with Gasteiger partial charge in [0, 0.05) is 5.39 Å². The highest BCUT2D eigenvalue weighted by Gasteiger charge is 2.15. The second kappa shape index (κ2) is 3.13. The summed E-state index contributed by atoms with van der Waals surface area (Å²) in [5.41, 5.74) is 9.91. The number of rotatable bonds is 1. The molecule has 76 valence electrons. The van der Waals surface area contributed by atoms with Crippen LogP contribution >= 0.6 is 0 Å². The molecule has 2 aromatic rings. The van der Waals surface area contributed by atoms with E-state index in [9.17, 15) is 9.59 Å². The Labute approximate surface area is 84.3 Å². The van der Waals surface area contributed by atoms with E-state index in [-0.39, 0.29) is 11.3 Å². The van der Waals surface area contributed by atoms with Crippen molar-refractivity contribution in [3.63, 3.8) is 0 Å². The second-order valence-electron chi connectivity index (χ2n) is 3.04. The van der Waals surface area contributed by atoms with E-state index in [1.54, 1.807) is 24.3 Å². The number of nitrogen functional groups attached to an aromatic ring is 1. The van der Waals surface area contributed by atoms with Crippen LogP contribution in [0.25, 0.3) is 11.0 Å². The molecule has 1 amide bonds. The average Bonchev–Trinajstić information content (AvgIpc) is 2.19. The Balaban J connectivity index is 3.02. The molecule has 0 fully saturated rings. The molecule has 0 unspecified atom stereocenters. The summed E-state index contributed by atoms with van der Waals surface area (Å²) in [6, 6.07) is 6.58. The van der Waals surface area contributed by atoms with E-state index in [1.807, 2.05) is 0 Å². The molecule has 5 nitrogen and oxygen atoms in total. The molecule has 1 heterocycles. The van der Waals surface area contributed by atoms with Crippen molar-refractivity contribution in [1.29, 1.82) is 0 Å². The van der Waals surface area contributed by atoms with Gasteiger partial charge in [0.15, 0.2) is 0 Å². The van der Waals surface area contributed by atoms with Crippen molar-refractivity contribution >= 4 is 22.6 Å². The molecule has 0 aliphatic rings. The number of amides is 1. The predicted octanol–water partition coefficient (Wildman–Crippen LogP) is 0.474. The number of fused-ring (bicyclic) bond motifs is 1. The summed E-state index contributed by atoms with van der Waals surface area (Å²) >= 11 is 0. The van der Waals surface area contributed by atoms with Gasteiger partial charge < -0.3 is 15.9 Å². The lowest BCUT2D eigenvalue weighted by Gasteiger charge is -2.03. The normalized spacial score (nSPS) is 10.4. The van der Waals surface area contributed by atoms with Crippen LogP contribution in [-0.2, 0) is 0 Å². The molecule has 5 heteroatoms. The fourth-order valence-corrected chi connectivity index (χ4v) is 1.43. The highest BCUT2D eigenvalue weighted by Crippen LogP contribution is 2.20. The lowest BCUT2D eigenvalue weighted by atomic mass is 10.1. The van der Waals surface area contributed by atoms with E-state index in [2.05, 4.69) is 0 Å². The van der Waals surface area contributed by atoms with E-state index in [0.717, 1.165) is 0 Å². The Hall–Kier alpha value is -2.30. The maximum absolute atomic E-state index is 11.3. The number of nitrogens with two attached hydrogens (primary N) is 2. The first-order valence-corrected chi connectivity index (χ1v) is 4.22. The minimum atomic E-state index is -0.748. The van der Waals surface area contributed by atoms with Gasteiger partial charge in [-0.1, -0.05) is 18.2 Å². The third kappa shape index (κ3) is 1.34. The van der Waals surface area contributed by atoms with Gasteiger partial charge in [-0.05, 0) is 6.07 Å². The van der Waals surface area contributed by atoms with Crippen LogP contribution < -0.4 is 17.1 Å². The number of hydrogen-bond acceptors (Lipinski definition) is 4. The summed E-state index contributed by atoms with van der Waals surface area (Å²) in [7, 11) is 0. The van der Waals surface area contributed by atoms with Crippen molar-refractivity contribution < 1.29 is 9.21 Å². The van der Waals surface area contributed by atoms with Crippen molar-refractivity contribution in [3.05, 3.63) is 40.2 Å². The van der Waals surface area contributed by atoms with E-state index in [1.165, 1.54) is 0 Å². The van der Waals surface area contributed by atoms with E-state index in [4.69, 9.17) is 15.9 Å². The molecule has 0 atom stereocenters. The SMILES string of the molecule is NC(=O)c1c(N)c(=O)oc2ccccc12. The molecule has 1 aromatic carbocycles. The second-order valence-corrected chi connectivity index (χ2v) is 3.04. The van der Waals surface area contributed by atoms with Crippen LogP contribution in [0.2, 0.25) is 0 Å². The minimum absolute atomic E-state index is 0.0156. The minimum Gasteiger partial charge on any atom is -0.421 e. The number of para-hydroxylation sites is 1. The maximum Gasteiger partial charge on any atom is 0.360 e. The van der Waals surface area contributed by atoms with Gasteiger partial charge in [-0.3, -0.25) is 4.79 Å². The van der Waals surface area contributed by atoms with Crippen LogP contribution in [0.4, 0.5) is 5.69 Å². The standard InChI is InChI=1S/C10H8N2O3/c11-8-7(9(12)13)5-3-1-2-4-6(5)15-10(8)14/h1-4H,11H2,(H2,12,13). The van der Waals surface area contributed by atoms with Crippen molar-refractivity contribution in [3.8, 4) is 0 Å². The maximum atomic E-state index is 11.3. The molecule has 0 radical (unpaired) electrons. The molecule has 2 rings (SSSR count). The summed E-state index contributed by atoms with van der Waals surface area (Å²) in [6.07, 6.45) is 0. The van der Waals surface area contributed by atoms with Gasteiger partial charge in [-0.25, -0.2) is 4.79 Å². The Bertz CT molecular complexity index is 601. The monoisotopic (exact) mass is 204 g/mol. The molecule has 0 bridgehead atoms. The third-order valence-electron chi connectivity index (χ3n) is 2.09. The fraction of sp³-hybridized carbons (Fsp3) is 0. The topological polar surface area (TPSA) is 99.3 Å². The van der Waals surface area contributed by atoms with E-state index >= 15 is 0 Å². The first kappa shape index (κ1) is 9.26. The summed E-state index contributed by atoms with van der Waals surface area (Å²) in [4.78, 5) is 22.4. The quantitative estimate of drug-likeness (QED) is 0.659. The van der Waals surface area contributed by atoms with Crippen LogP contribution in [0.5, 0.6) is 0 Å². The lowest BCUT2D eigenvalue weighted by Crippen LogP contribution is -2.19. The highest BCUT2D eigenvalue weighted by molar-refractivity contribution is 6.08. The van der Waals surface area contributed by atoms with Gasteiger partial charge in [0.05, 0.1) is 5.56 Å². The number of carbonyl (C=O) groups excluding carboxylic acids is 1. The molecule has 0 saturated carbocycles. The van der Waals surface area contributed by atoms with E-state index in [0.29, 0.717) is 11.0 Å². The third-order valence-corrected chi connectivity index (χ3v) is 2.09. The van der Waals surface area contributed by atoms with Crippen LogP contribution in [0.15, 0.2) is 33.5 Å². The average molecular weight is 204 g/mol. The van der Waals surface area contributed by atoms with Gasteiger partial charge >= 0.3 is 5.63 Å². The number of primary amides is 1. The van der Waals surface area contributed by atoms with Crippen LogP contribution in [-0.4, -0.2) is 5.91 Å². The van der Waals surface area contributed by atoms with Crippen LogP contribution in [0.1, 0.15) is 10.4 Å². The number of carbonyl (C=O) groups is 1. The van der Waals surface area contributed by atoms with Gasteiger partial charge in [0.2, 0.25) is 0 Å². The molecule has 15 heavy (non-hydrogen) atoms. The van der Waals surface area contributed by atoms with Crippen LogP contribution in [0.3, 0.4) is 0 Å². The van der Waals surface area contributed by atoms with Gasteiger partial charge in [0.1, 0.15) is 11.3 Å². The Morgan fingerprint density at radius 3 is 2.60 bits per heavy atom. The van der Waals surface area contributed by atoms with Crippen molar-refractivity contribution in [2.24, 2.45) is 5.73 Å². The zero-order valence-electron chi connectivity index (χ0n) is 7.69. The van der Waals surface area contributed by atoms with Crippen molar-refractivity contribution in [1.82, 2.24) is 0 Å². The highest BCUT2D eigenvalue weighted by atomic mass is 16.4. The molecule has 0 spiro atoms. The molecule has 4 N–H and O–H groups in total. The smallest absolute Gasteiger partial charge is 0.360 e. The Kier molecular flexibility index (Phi) is 1.93. The van der Waals surface area contributed by atoms with Gasteiger partial charge in [-0.15, -0.1) is 0 Å². The molecule has 1 aromatic heterocycles. The largest absolute Gasteiger partial charge is 0.421 e. The fourth-order valence-electron chi connectivity index (χ4n) is 1.43. The Morgan fingerprint density at radius 2 is 1.93 bits per heavy atom. The zero-order chi connectivity index (χ0) is 11.0. The van der Waals surface area contributed by atoms with Gasteiger partial charge in [-0.2, -0.15) is 0 Å². The first-order valence-electron chi connectivity index (χ1n) is 4.22. The van der Waals surface area contributed by atoms with Crippen LogP contribution in [0, 0.1) is 0 Å². The molecular formula is C10H8N2O3. The zero-order valence-corrected chi connectivity index (χ0v) is 7.69. The van der Waals surface area contributed by atoms with Crippen molar-refractivity contribution in [2.45, 2.75) is 0 Å². The van der Waals surface area contributed by atoms with E-state index < -0.39 is 11.5 Å². The predicted molar refractivity (Wildman–Crippen MR) is 55.4 cm³/mol. The van der Waals surface area contributed by atoms with Crippen molar-refractivity contribution in [2.75, 3.05) is 5.73 Å². The number of benzene rings is 1. The number of anilines is 1. The molecule has 0 saturated heterocycles.